The molecule has 0 radical (unpaired) electrons. The molecule has 15 N–H and O–H groups in total. The molecule has 28 nitrogen and oxygen atoms in total. The fourth-order valence-corrected chi connectivity index (χ4v) is 8.40. The summed E-state index contributed by atoms with van der Waals surface area (Å²) in [6.07, 6.45) is 0.244. The van der Waals surface area contributed by atoms with E-state index in [2.05, 4.69) is 25.3 Å². The van der Waals surface area contributed by atoms with E-state index in [0.717, 1.165) is 21.3 Å². The number of nitrogens with zero attached hydrogens (tertiary/aromatic N) is 3. The number of anilines is 1. The first-order valence-corrected chi connectivity index (χ1v) is 25.7. The highest BCUT2D eigenvalue weighted by Gasteiger charge is 2.31. The highest BCUT2D eigenvalue weighted by atomic mass is 35.5. The van der Waals surface area contributed by atoms with Gasteiger partial charge in [-0.25, -0.2) is 24.4 Å². The molecule has 2 aromatic heterocycles. The van der Waals surface area contributed by atoms with Crippen LogP contribution in [0.4, 0.5) is 5.69 Å². The summed E-state index contributed by atoms with van der Waals surface area (Å²) in [7, 11) is 0. The summed E-state index contributed by atoms with van der Waals surface area (Å²) in [5.41, 5.74) is 21.4. The minimum atomic E-state index is -1.85. The van der Waals surface area contributed by atoms with Crippen LogP contribution in [0.2, 0.25) is 0 Å². The number of carbonyl (C=O) groups excluding carboxylic acids is 9. The minimum Gasteiger partial charge on any atom is -0.478 e. The molecule has 2 atom stereocenters. The number of primary amides is 1. The zero-order valence-corrected chi connectivity index (χ0v) is 50.3. The number of rotatable bonds is 4. The van der Waals surface area contributed by atoms with Gasteiger partial charge in [0.15, 0.2) is 5.89 Å². The minimum absolute atomic E-state index is 0. The first kappa shape index (κ1) is 72.6. The summed E-state index contributed by atoms with van der Waals surface area (Å²) in [5, 5.41) is 24.8. The second kappa shape index (κ2) is 34.5. The molecule has 2 fully saturated rings. The maximum absolute atomic E-state index is 12.8. The second-order valence-corrected chi connectivity index (χ2v) is 18.9. The fraction of sp³-hybridized carbons (Fsp3) is 0.250. The average molecular weight is 1260 g/mol. The highest BCUT2D eigenvalue weighted by Crippen LogP contribution is 2.22. The Kier molecular flexibility index (Phi) is 28.1. The smallest absolute Gasteiger partial charge is 0.347 e. The number of nitrogen functional groups attached to an aromatic ring is 1. The lowest BCUT2D eigenvalue weighted by molar-refractivity contribution is -0.156. The highest BCUT2D eigenvalue weighted by molar-refractivity contribution is 6.22. The molecule has 0 saturated carbocycles. The van der Waals surface area contributed by atoms with E-state index in [1.807, 2.05) is 43.4 Å². The lowest BCUT2D eigenvalue weighted by atomic mass is 10.0. The molecule has 7 aromatic rings. The van der Waals surface area contributed by atoms with Gasteiger partial charge in [0.2, 0.25) is 29.5 Å². The number of aryl methyl sites for hydroxylation is 7. The Hall–Kier alpha value is -10.7. The third kappa shape index (κ3) is 20.8. The summed E-state index contributed by atoms with van der Waals surface area (Å²) >= 11 is 0. The summed E-state index contributed by atoms with van der Waals surface area (Å²) in [6, 6.07) is 22.3. The monoisotopic (exact) mass is 1260 g/mol. The summed E-state index contributed by atoms with van der Waals surface area (Å²) in [4.78, 5) is 151. The number of aromatic nitrogens is 3. The van der Waals surface area contributed by atoms with Crippen LogP contribution >= 0.6 is 12.4 Å². The van der Waals surface area contributed by atoms with E-state index >= 15 is 0 Å². The van der Waals surface area contributed by atoms with Crippen LogP contribution in [0.15, 0.2) is 105 Å². The molecule has 0 spiro atoms. The van der Waals surface area contributed by atoms with E-state index in [9.17, 15) is 62.3 Å². The van der Waals surface area contributed by atoms with Gasteiger partial charge in [-0.05, 0) is 113 Å². The van der Waals surface area contributed by atoms with Crippen LogP contribution in [0, 0.1) is 48.5 Å². The van der Waals surface area contributed by atoms with Crippen molar-refractivity contribution in [2.75, 3.05) is 5.73 Å². The Balaban J connectivity index is 0.000000542. The van der Waals surface area contributed by atoms with Crippen molar-refractivity contribution in [3.05, 3.63) is 179 Å². The molecule has 3 aliphatic heterocycles. The molecule has 0 bridgehead atoms. The Labute approximate surface area is 516 Å². The molecular formula is C60H68ClN9O19. The maximum Gasteiger partial charge on any atom is 0.347 e. The van der Waals surface area contributed by atoms with Crippen LogP contribution in [0.3, 0.4) is 0 Å². The molecule has 29 heteroatoms. The molecule has 474 valence electrons. The Morgan fingerprint density at radius 2 is 1.09 bits per heavy atom. The number of piperidine rings is 2. The molecule has 7 amide bonds. The van der Waals surface area contributed by atoms with Crippen molar-refractivity contribution in [3.63, 3.8) is 0 Å². The van der Waals surface area contributed by atoms with Crippen LogP contribution in [-0.2, 0) is 33.5 Å². The van der Waals surface area contributed by atoms with Gasteiger partial charge < -0.3 is 47.5 Å². The number of hydrogen-bond donors (Lipinski definition) is 8. The number of nitrogens with one attached hydrogen (secondary N) is 3. The number of carboxylic acid groups (broad SMARTS) is 2. The van der Waals surface area contributed by atoms with Crippen molar-refractivity contribution in [3.8, 4) is 0 Å². The molecule has 10 rings (SSSR count). The Bertz CT molecular complexity index is 4080. The Morgan fingerprint density at radius 1 is 0.618 bits per heavy atom. The van der Waals surface area contributed by atoms with Crippen LogP contribution < -0.4 is 44.3 Å². The van der Waals surface area contributed by atoms with Gasteiger partial charge in [-0.15, -0.1) is 12.4 Å². The van der Waals surface area contributed by atoms with Crippen LogP contribution in [-0.4, -0.2) is 107 Å². The molecule has 3 aliphatic rings. The van der Waals surface area contributed by atoms with Crippen molar-refractivity contribution in [1.82, 2.24) is 30.5 Å². The first-order chi connectivity index (χ1) is 41.0. The van der Waals surface area contributed by atoms with Gasteiger partial charge in [-0.3, -0.25) is 68.5 Å². The van der Waals surface area contributed by atoms with Crippen LogP contribution in [0.25, 0.3) is 21.8 Å². The molecule has 5 aromatic carbocycles. The largest absolute Gasteiger partial charge is 0.478 e. The molecule has 0 aliphatic carbocycles. The number of carbonyl (C=O) groups is 11. The standard InChI is InChI=1S/C15H15N3O3.C10H9NO2.C9H9NO3.C9H7NO2.C8H9NO2.C5H8N2O2.C4H6O3.ClH.2H2O/c1-8-4-3-5-10-13(8)15(21)18(9(2)16-10)11-6-7-12(19)17-14(11)20;1-6-4-3-5-8-9(6)10(12)13-7(2)11-8;1-5-3-2-4-6(8(10)11)7(5)9(12)13;1-5-3-2-4-6-7(5)9(12)10-8(6)11;1-5-3-2-4-6(9)7(5)8(10)11;6-3-1-2-4(8)7-5(3)9;1-3(5)7-4(2)6;;;/h3-5,11H,6-7H2,1-2H3,(H,17,19,20);3-5H,1-2H3;2-4H,1H3,(H2,10,11)(H,12,13);2-4H,1H3,(H,10,11,12);2-4H,9H2,1H3,(H,10,11);3H,1-2,6H2,(H,7,8,9);1-2H3;1H;2*1H2/t11-;;;;;3-;;;;/m0....0..../s1/i11D;;;;;3D;;;;. The van der Waals surface area contributed by atoms with Gasteiger partial charge in [0.05, 0.1) is 58.4 Å². The molecule has 0 unspecified atom stereocenters. The number of ether oxygens (including phenoxy) is 1. The number of fused-ring (bicyclic) bond motifs is 3. The van der Waals surface area contributed by atoms with Gasteiger partial charge in [-0.2, -0.15) is 0 Å². The predicted octanol–water partition coefficient (Wildman–Crippen LogP) is 3.36. The lowest BCUT2D eigenvalue weighted by Gasteiger charge is -2.24. The SMILES string of the molecule is CC(=O)OC(C)=O.Cc1cccc(C(N)=O)c1C(=O)O.Cc1cccc(N)c1C(=O)O.Cc1cccc2c1C(=O)NC2=O.Cc1nc2cccc(C)c2c(=O)o1.Cl.O.O.[2H][C@]1(N)CCC(=O)NC1=O.[2H][C@]1(n2c(C)nc3cccc(C)c3c2=O)CCC(=O)NC1=O. The number of hydrogen-bond acceptors (Lipinski definition) is 19. The Morgan fingerprint density at radius 3 is 1.55 bits per heavy atom. The van der Waals surface area contributed by atoms with E-state index < -0.39 is 65.1 Å². The maximum atomic E-state index is 12.8. The van der Waals surface area contributed by atoms with E-state index in [4.69, 9.17) is 34.6 Å². The summed E-state index contributed by atoms with van der Waals surface area (Å²) in [5.74, 6) is -6.11. The number of aromatic carboxylic acids is 2. The summed E-state index contributed by atoms with van der Waals surface area (Å²) in [6.45, 7) is 14.4. The van der Waals surface area contributed by atoms with Gasteiger partial charge >= 0.3 is 29.5 Å². The van der Waals surface area contributed by atoms with Crippen molar-refractivity contribution in [2.45, 2.75) is 100 Å². The van der Waals surface area contributed by atoms with E-state index in [1.165, 1.54) is 19.9 Å². The van der Waals surface area contributed by atoms with Crippen LogP contribution in [0.1, 0.15) is 140 Å². The molecule has 5 heterocycles. The first-order valence-electron chi connectivity index (χ1n) is 26.7. The fourth-order valence-electron chi connectivity index (χ4n) is 8.40. The molecule has 2 saturated heterocycles. The molecular weight excluding hydrogens is 1190 g/mol. The van der Waals surface area contributed by atoms with Crippen molar-refractivity contribution >= 4 is 105 Å². The number of amides is 7. The van der Waals surface area contributed by atoms with Crippen LogP contribution in [0.5, 0.6) is 0 Å². The van der Waals surface area contributed by atoms with Crippen molar-refractivity contribution in [2.24, 2.45) is 11.5 Å². The van der Waals surface area contributed by atoms with E-state index in [0.29, 0.717) is 55.6 Å². The predicted molar refractivity (Wildman–Crippen MR) is 326 cm³/mol. The van der Waals surface area contributed by atoms with Gasteiger partial charge in [0, 0.05) is 39.3 Å². The lowest BCUT2D eigenvalue weighted by Crippen LogP contribution is -2.48. The van der Waals surface area contributed by atoms with E-state index in [-0.39, 0.29) is 94.9 Å². The van der Waals surface area contributed by atoms with Gasteiger partial charge in [0.25, 0.3) is 17.4 Å². The van der Waals surface area contributed by atoms with E-state index in [1.54, 1.807) is 95.3 Å². The zero-order chi connectivity index (χ0) is 66.3. The summed E-state index contributed by atoms with van der Waals surface area (Å²) < 4.78 is 25.5. The number of benzene rings is 5. The molecule has 89 heavy (non-hydrogen) atoms. The number of halogens is 1. The third-order valence-electron chi connectivity index (χ3n) is 12.3. The number of nitrogens with two attached hydrogens (primary N) is 3. The van der Waals surface area contributed by atoms with Crippen molar-refractivity contribution < 1.29 is 85.8 Å². The third-order valence-corrected chi connectivity index (χ3v) is 12.3. The topological polar surface area (TPSA) is 493 Å². The van der Waals surface area contributed by atoms with Crippen molar-refractivity contribution in [1.29, 1.82) is 0 Å². The average Bonchev–Trinajstić information content (AvgIpc) is 1.35. The number of esters is 2. The second-order valence-electron chi connectivity index (χ2n) is 18.9. The number of carboxylic acids is 2. The quantitative estimate of drug-likeness (QED) is 0.0542. The van der Waals surface area contributed by atoms with Gasteiger partial charge in [0.1, 0.15) is 11.8 Å². The van der Waals surface area contributed by atoms with Gasteiger partial charge in [-0.1, -0.05) is 60.7 Å². The number of imide groups is 3. The normalized spacial score (nSPS) is 15.9. The zero-order valence-electron chi connectivity index (χ0n) is 51.5.